The van der Waals surface area contributed by atoms with Crippen LogP contribution in [0.1, 0.15) is 0 Å². The van der Waals surface area contributed by atoms with Gasteiger partial charge in [0.1, 0.15) is 0 Å². The van der Waals surface area contributed by atoms with E-state index in [0.29, 0.717) is 11.6 Å². The van der Waals surface area contributed by atoms with Gasteiger partial charge in [-0.25, -0.2) is 9.97 Å². The average molecular weight is 358 g/mol. The number of fused-ring (bicyclic) bond motifs is 1. The number of aromatic nitrogens is 2. The van der Waals surface area contributed by atoms with Gasteiger partial charge in [-0.2, -0.15) is 0 Å². The molecule has 0 spiro atoms. The highest BCUT2D eigenvalue weighted by Crippen LogP contribution is 2.21. The van der Waals surface area contributed by atoms with E-state index in [1.54, 1.807) is 6.07 Å². The van der Waals surface area contributed by atoms with Gasteiger partial charge in [0.2, 0.25) is 5.88 Å². The van der Waals surface area contributed by atoms with E-state index >= 15 is 0 Å². The predicted molar refractivity (Wildman–Crippen MR) is 87.8 cm³/mol. The van der Waals surface area contributed by atoms with Crippen LogP contribution in [0.5, 0.6) is 5.88 Å². The van der Waals surface area contributed by atoms with Crippen molar-refractivity contribution in [2.75, 3.05) is 11.9 Å². The van der Waals surface area contributed by atoms with Crippen LogP contribution in [0.25, 0.3) is 11.0 Å². The van der Waals surface area contributed by atoms with E-state index in [4.69, 9.17) is 4.74 Å². The topological polar surface area (TPSA) is 64.1 Å². The molecule has 5 nitrogen and oxygen atoms in total. The predicted octanol–water partition coefficient (Wildman–Crippen LogP) is 3.41. The molecule has 1 amide bonds. The molecule has 22 heavy (non-hydrogen) atoms. The van der Waals surface area contributed by atoms with E-state index < -0.39 is 0 Å². The Morgan fingerprint density at radius 3 is 2.64 bits per heavy atom. The van der Waals surface area contributed by atoms with Crippen molar-refractivity contribution in [3.8, 4) is 5.88 Å². The number of ether oxygens (including phenoxy) is 1. The van der Waals surface area contributed by atoms with Crippen LogP contribution in [-0.4, -0.2) is 22.5 Å². The molecule has 0 fully saturated rings. The maximum absolute atomic E-state index is 11.9. The molecule has 0 unspecified atom stereocenters. The van der Waals surface area contributed by atoms with Crippen LogP contribution in [0, 0.1) is 0 Å². The number of nitrogens with one attached hydrogen (secondary N) is 1. The third-order valence-electron chi connectivity index (χ3n) is 2.93. The smallest absolute Gasteiger partial charge is 0.262 e. The zero-order valence-corrected chi connectivity index (χ0v) is 13.1. The van der Waals surface area contributed by atoms with Gasteiger partial charge in [-0.05, 0) is 40.2 Å². The van der Waals surface area contributed by atoms with Crippen molar-refractivity contribution in [2.45, 2.75) is 0 Å². The first-order valence-corrected chi connectivity index (χ1v) is 7.40. The van der Waals surface area contributed by atoms with Gasteiger partial charge in [-0.1, -0.05) is 24.3 Å². The maximum atomic E-state index is 11.9. The Bertz CT molecular complexity index is 823. The summed E-state index contributed by atoms with van der Waals surface area (Å²) in [6.45, 7) is -0.131. The molecular weight excluding hydrogens is 346 g/mol. The van der Waals surface area contributed by atoms with Crippen molar-refractivity contribution in [3.63, 3.8) is 0 Å². The van der Waals surface area contributed by atoms with E-state index in [-0.39, 0.29) is 12.5 Å². The third-order valence-corrected chi connectivity index (χ3v) is 3.62. The first-order chi connectivity index (χ1) is 10.7. The van der Waals surface area contributed by atoms with E-state index in [2.05, 4.69) is 31.2 Å². The first kappa shape index (κ1) is 14.5. The molecule has 0 aliphatic carbocycles. The molecule has 3 aromatic rings. The molecule has 1 aromatic heterocycles. The largest absolute Gasteiger partial charge is 0.466 e. The normalized spacial score (nSPS) is 10.4. The summed E-state index contributed by atoms with van der Waals surface area (Å²) in [4.78, 5) is 20.4. The first-order valence-electron chi connectivity index (χ1n) is 6.61. The number of halogens is 1. The van der Waals surface area contributed by atoms with E-state index in [0.717, 1.165) is 15.5 Å². The van der Waals surface area contributed by atoms with Crippen molar-refractivity contribution in [1.82, 2.24) is 9.97 Å². The summed E-state index contributed by atoms with van der Waals surface area (Å²) in [7, 11) is 0. The molecule has 0 bridgehead atoms. The molecule has 2 aromatic carbocycles. The monoisotopic (exact) mass is 357 g/mol. The molecule has 0 saturated heterocycles. The summed E-state index contributed by atoms with van der Waals surface area (Å²) >= 11 is 3.37. The summed E-state index contributed by atoms with van der Waals surface area (Å²) in [5.74, 6) is 0.0582. The lowest BCUT2D eigenvalue weighted by Crippen LogP contribution is -2.20. The molecule has 0 atom stereocenters. The number of carbonyl (C=O) groups excluding carboxylic acids is 1. The van der Waals surface area contributed by atoms with E-state index in [1.807, 2.05) is 42.5 Å². The number of nitrogens with zero attached hydrogens (tertiary/aromatic N) is 2. The lowest BCUT2D eigenvalue weighted by molar-refractivity contribution is -0.118. The zero-order valence-electron chi connectivity index (χ0n) is 11.5. The standard InChI is InChI=1S/C16H12BrN3O2/c17-11-5-1-2-6-12(11)19-15(21)10-22-16-9-18-13-7-3-4-8-14(13)20-16/h1-9H,10H2,(H,19,21). The fraction of sp³-hybridized carbons (Fsp3) is 0.0625. The summed E-state index contributed by atoms with van der Waals surface area (Å²) < 4.78 is 6.20. The molecule has 0 saturated carbocycles. The summed E-state index contributed by atoms with van der Waals surface area (Å²) in [6, 6.07) is 14.9. The highest BCUT2D eigenvalue weighted by Gasteiger charge is 2.07. The minimum absolute atomic E-state index is 0.131. The Balaban J connectivity index is 1.63. The van der Waals surface area contributed by atoms with Crippen LogP contribution in [0.2, 0.25) is 0 Å². The Morgan fingerprint density at radius 2 is 1.82 bits per heavy atom. The van der Waals surface area contributed by atoms with Gasteiger partial charge in [0.15, 0.2) is 6.61 Å². The van der Waals surface area contributed by atoms with Crippen molar-refractivity contribution in [1.29, 1.82) is 0 Å². The molecule has 1 heterocycles. The lowest BCUT2D eigenvalue weighted by Gasteiger charge is -2.08. The SMILES string of the molecule is O=C(COc1cnc2ccccc2n1)Nc1ccccc1Br. The minimum Gasteiger partial charge on any atom is -0.466 e. The number of para-hydroxylation sites is 3. The highest BCUT2D eigenvalue weighted by atomic mass is 79.9. The van der Waals surface area contributed by atoms with Gasteiger partial charge in [0.25, 0.3) is 5.91 Å². The Kier molecular flexibility index (Phi) is 4.29. The quantitative estimate of drug-likeness (QED) is 0.776. The molecular formula is C16H12BrN3O2. The van der Waals surface area contributed by atoms with Gasteiger partial charge in [0.05, 0.1) is 22.9 Å². The number of carbonyl (C=O) groups is 1. The second-order valence-electron chi connectivity index (χ2n) is 4.51. The number of anilines is 1. The Morgan fingerprint density at radius 1 is 1.09 bits per heavy atom. The van der Waals surface area contributed by atoms with Crippen molar-refractivity contribution >= 4 is 38.6 Å². The molecule has 0 radical (unpaired) electrons. The van der Waals surface area contributed by atoms with Crippen LogP contribution < -0.4 is 10.1 Å². The third kappa shape index (κ3) is 3.40. The number of hydrogen-bond acceptors (Lipinski definition) is 4. The fourth-order valence-corrected chi connectivity index (χ4v) is 2.28. The number of benzene rings is 2. The van der Waals surface area contributed by atoms with Crippen molar-refractivity contribution in [3.05, 3.63) is 59.2 Å². The van der Waals surface area contributed by atoms with Crippen molar-refractivity contribution in [2.24, 2.45) is 0 Å². The lowest BCUT2D eigenvalue weighted by atomic mass is 10.3. The van der Waals surface area contributed by atoms with Gasteiger partial charge >= 0.3 is 0 Å². The van der Waals surface area contributed by atoms with E-state index in [1.165, 1.54) is 6.20 Å². The Hall–Kier alpha value is -2.47. The summed E-state index contributed by atoms with van der Waals surface area (Å²) in [5, 5.41) is 2.76. The van der Waals surface area contributed by atoms with Gasteiger partial charge in [-0.15, -0.1) is 0 Å². The second-order valence-corrected chi connectivity index (χ2v) is 5.37. The Labute approximate surface area is 135 Å². The van der Waals surface area contributed by atoms with Crippen LogP contribution >= 0.6 is 15.9 Å². The maximum Gasteiger partial charge on any atom is 0.262 e. The highest BCUT2D eigenvalue weighted by molar-refractivity contribution is 9.10. The molecule has 1 N–H and O–H groups in total. The van der Waals surface area contributed by atoms with Crippen LogP contribution in [0.4, 0.5) is 5.69 Å². The van der Waals surface area contributed by atoms with Crippen molar-refractivity contribution < 1.29 is 9.53 Å². The van der Waals surface area contributed by atoms with Crippen LogP contribution in [0.15, 0.2) is 59.2 Å². The minimum atomic E-state index is -0.262. The number of amides is 1. The van der Waals surface area contributed by atoms with Gasteiger partial charge in [0, 0.05) is 4.47 Å². The summed E-state index contributed by atoms with van der Waals surface area (Å²) in [5.41, 5.74) is 2.21. The van der Waals surface area contributed by atoms with E-state index in [9.17, 15) is 4.79 Å². The molecule has 3 rings (SSSR count). The fourth-order valence-electron chi connectivity index (χ4n) is 1.90. The second kappa shape index (κ2) is 6.53. The summed E-state index contributed by atoms with van der Waals surface area (Å²) in [6.07, 6.45) is 1.51. The number of hydrogen-bond donors (Lipinski definition) is 1. The number of rotatable bonds is 4. The van der Waals surface area contributed by atoms with Crippen LogP contribution in [-0.2, 0) is 4.79 Å². The molecule has 6 heteroatoms. The molecule has 110 valence electrons. The average Bonchev–Trinajstić information content (AvgIpc) is 2.55. The molecule has 0 aliphatic rings. The zero-order chi connectivity index (χ0) is 15.4. The molecule has 0 aliphatic heterocycles. The van der Waals surface area contributed by atoms with Crippen LogP contribution in [0.3, 0.4) is 0 Å². The van der Waals surface area contributed by atoms with Gasteiger partial charge in [-0.3, -0.25) is 4.79 Å². The van der Waals surface area contributed by atoms with Gasteiger partial charge < -0.3 is 10.1 Å².